The van der Waals surface area contributed by atoms with E-state index in [0.717, 1.165) is 41.5 Å². The van der Waals surface area contributed by atoms with Gasteiger partial charge < -0.3 is 4.74 Å². The van der Waals surface area contributed by atoms with Gasteiger partial charge in [-0.05, 0) is 74.6 Å². The van der Waals surface area contributed by atoms with E-state index in [0.29, 0.717) is 0 Å². The molecule has 0 saturated carbocycles. The van der Waals surface area contributed by atoms with E-state index in [-0.39, 0.29) is 0 Å². The Morgan fingerprint density at radius 2 is 1.73 bits per heavy atom. The lowest BCUT2D eigenvalue weighted by Crippen LogP contribution is -1.99. The molecule has 0 unspecified atom stereocenters. The summed E-state index contributed by atoms with van der Waals surface area (Å²) < 4.78 is 5.84. The molecular weight excluding hydrogens is 338 g/mol. The SMILES string of the molecule is CCc1ccc(OCCCSc2cc(C)c3cc(C)cc(C)c3n2)cc1. The molecule has 2 aromatic carbocycles. The average molecular weight is 366 g/mol. The van der Waals surface area contributed by atoms with Gasteiger partial charge in [-0.2, -0.15) is 0 Å². The third kappa shape index (κ3) is 4.59. The van der Waals surface area contributed by atoms with Crippen LogP contribution in [-0.2, 0) is 6.42 Å². The number of thioether (sulfide) groups is 1. The lowest BCUT2D eigenvalue weighted by atomic mass is 10.0. The molecule has 0 aliphatic carbocycles. The zero-order valence-corrected chi connectivity index (χ0v) is 17.0. The molecule has 0 radical (unpaired) electrons. The van der Waals surface area contributed by atoms with Gasteiger partial charge in [0.25, 0.3) is 0 Å². The average Bonchev–Trinajstić information content (AvgIpc) is 2.63. The number of aryl methyl sites for hydroxylation is 4. The number of pyridine rings is 1. The summed E-state index contributed by atoms with van der Waals surface area (Å²) in [6.45, 7) is 9.37. The highest BCUT2D eigenvalue weighted by atomic mass is 32.2. The molecule has 3 rings (SSSR count). The van der Waals surface area contributed by atoms with Crippen molar-refractivity contribution >= 4 is 22.7 Å². The van der Waals surface area contributed by atoms with Crippen LogP contribution in [0.4, 0.5) is 0 Å². The quantitative estimate of drug-likeness (QED) is 0.363. The van der Waals surface area contributed by atoms with Crippen LogP contribution < -0.4 is 4.74 Å². The Hall–Kier alpha value is -2.00. The first-order valence-corrected chi connectivity index (χ1v) is 10.3. The standard InChI is InChI=1S/C23H27NOS/c1-5-19-7-9-20(10-8-19)25-11-6-12-26-22-15-17(3)21-14-16(2)13-18(4)23(21)24-22/h7-10,13-15H,5-6,11-12H2,1-4H3. The minimum Gasteiger partial charge on any atom is -0.494 e. The van der Waals surface area contributed by atoms with Gasteiger partial charge in [0.2, 0.25) is 0 Å². The van der Waals surface area contributed by atoms with Crippen LogP contribution in [0.25, 0.3) is 10.9 Å². The molecular formula is C23H27NOS. The van der Waals surface area contributed by atoms with E-state index in [2.05, 4.69) is 70.2 Å². The molecule has 0 aliphatic rings. The van der Waals surface area contributed by atoms with Crippen LogP contribution in [0.5, 0.6) is 5.75 Å². The number of aromatic nitrogens is 1. The largest absolute Gasteiger partial charge is 0.494 e. The second-order valence-electron chi connectivity index (χ2n) is 6.80. The molecule has 26 heavy (non-hydrogen) atoms. The summed E-state index contributed by atoms with van der Waals surface area (Å²) in [6, 6.07) is 15.0. The second-order valence-corrected chi connectivity index (χ2v) is 7.92. The van der Waals surface area contributed by atoms with Crippen LogP contribution in [0.3, 0.4) is 0 Å². The van der Waals surface area contributed by atoms with Gasteiger partial charge in [0.15, 0.2) is 0 Å². The maximum absolute atomic E-state index is 5.84. The van der Waals surface area contributed by atoms with Crippen LogP contribution >= 0.6 is 11.8 Å². The molecule has 3 aromatic rings. The van der Waals surface area contributed by atoms with Crippen molar-refractivity contribution in [1.29, 1.82) is 0 Å². The molecule has 0 atom stereocenters. The molecule has 0 saturated heterocycles. The molecule has 1 aromatic heterocycles. The lowest BCUT2D eigenvalue weighted by Gasteiger charge is -2.10. The van der Waals surface area contributed by atoms with Crippen LogP contribution in [0, 0.1) is 20.8 Å². The van der Waals surface area contributed by atoms with Crippen LogP contribution in [0.15, 0.2) is 47.5 Å². The number of ether oxygens (including phenoxy) is 1. The molecule has 0 aliphatic heterocycles. The summed E-state index contributed by atoms with van der Waals surface area (Å²) in [5, 5.41) is 2.37. The molecule has 0 bridgehead atoms. The first kappa shape index (κ1) is 18.8. The second kappa shape index (κ2) is 8.59. The van der Waals surface area contributed by atoms with E-state index in [9.17, 15) is 0 Å². The highest BCUT2D eigenvalue weighted by molar-refractivity contribution is 7.99. The zero-order valence-electron chi connectivity index (χ0n) is 16.1. The fraction of sp³-hybridized carbons (Fsp3) is 0.348. The number of benzene rings is 2. The first-order chi connectivity index (χ1) is 12.6. The van der Waals surface area contributed by atoms with Crippen molar-refractivity contribution in [2.75, 3.05) is 12.4 Å². The monoisotopic (exact) mass is 365 g/mol. The predicted molar refractivity (Wildman–Crippen MR) is 113 cm³/mol. The maximum atomic E-state index is 5.84. The van der Waals surface area contributed by atoms with Crippen LogP contribution in [-0.4, -0.2) is 17.3 Å². The summed E-state index contributed by atoms with van der Waals surface area (Å²) in [6.07, 6.45) is 2.07. The Morgan fingerprint density at radius 1 is 0.962 bits per heavy atom. The Labute approximate surface area is 161 Å². The Balaban J connectivity index is 1.54. The smallest absolute Gasteiger partial charge is 0.119 e. The number of rotatable bonds is 7. The summed E-state index contributed by atoms with van der Waals surface area (Å²) in [5.74, 6) is 1.97. The highest BCUT2D eigenvalue weighted by Crippen LogP contribution is 2.27. The molecule has 2 nitrogen and oxygen atoms in total. The normalized spacial score (nSPS) is 11.1. The van der Waals surface area contributed by atoms with Crippen molar-refractivity contribution in [1.82, 2.24) is 4.98 Å². The first-order valence-electron chi connectivity index (χ1n) is 9.30. The molecule has 0 spiro atoms. The van der Waals surface area contributed by atoms with Crippen molar-refractivity contribution in [2.45, 2.75) is 45.6 Å². The minimum atomic E-state index is 0.739. The summed E-state index contributed by atoms with van der Waals surface area (Å²) >= 11 is 1.81. The number of nitrogens with zero attached hydrogens (tertiary/aromatic N) is 1. The van der Waals surface area contributed by atoms with Gasteiger partial charge in [-0.3, -0.25) is 0 Å². The van der Waals surface area contributed by atoms with Gasteiger partial charge in [0, 0.05) is 11.1 Å². The Bertz CT molecular complexity index is 887. The maximum Gasteiger partial charge on any atom is 0.119 e. The van der Waals surface area contributed by atoms with Crippen molar-refractivity contribution in [3.63, 3.8) is 0 Å². The van der Waals surface area contributed by atoms with Crippen molar-refractivity contribution in [2.24, 2.45) is 0 Å². The summed E-state index contributed by atoms with van der Waals surface area (Å²) in [5.41, 5.74) is 6.33. The van der Waals surface area contributed by atoms with Gasteiger partial charge in [-0.15, -0.1) is 11.8 Å². The summed E-state index contributed by atoms with van der Waals surface area (Å²) in [4.78, 5) is 4.87. The van der Waals surface area contributed by atoms with Crippen molar-refractivity contribution < 1.29 is 4.74 Å². The number of hydrogen-bond donors (Lipinski definition) is 0. The number of hydrogen-bond acceptors (Lipinski definition) is 3. The molecule has 3 heteroatoms. The molecule has 1 heterocycles. The lowest BCUT2D eigenvalue weighted by molar-refractivity contribution is 0.318. The molecule has 0 amide bonds. The van der Waals surface area contributed by atoms with Gasteiger partial charge in [0.1, 0.15) is 5.75 Å². The highest BCUT2D eigenvalue weighted by Gasteiger charge is 2.07. The Kier molecular flexibility index (Phi) is 6.20. The topological polar surface area (TPSA) is 22.1 Å². The van der Waals surface area contributed by atoms with Crippen molar-refractivity contribution in [3.8, 4) is 5.75 Å². The van der Waals surface area contributed by atoms with Crippen LogP contribution in [0.1, 0.15) is 35.6 Å². The van der Waals surface area contributed by atoms with E-state index in [1.807, 2.05) is 11.8 Å². The molecule has 0 fully saturated rings. The van der Waals surface area contributed by atoms with E-state index in [1.165, 1.54) is 27.6 Å². The molecule has 0 N–H and O–H groups in total. The predicted octanol–water partition coefficient (Wildman–Crippen LogP) is 6.28. The fourth-order valence-electron chi connectivity index (χ4n) is 3.14. The van der Waals surface area contributed by atoms with Gasteiger partial charge >= 0.3 is 0 Å². The Morgan fingerprint density at radius 3 is 2.46 bits per heavy atom. The van der Waals surface area contributed by atoms with E-state index in [4.69, 9.17) is 9.72 Å². The van der Waals surface area contributed by atoms with E-state index < -0.39 is 0 Å². The summed E-state index contributed by atoms with van der Waals surface area (Å²) in [7, 11) is 0. The van der Waals surface area contributed by atoms with E-state index in [1.54, 1.807) is 0 Å². The third-order valence-corrected chi connectivity index (χ3v) is 5.57. The van der Waals surface area contributed by atoms with Gasteiger partial charge in [-0.25, -0.2) is 4.98 Å². The minimum absolute atomic E-state index is 0.739. The van der Waals surface area contributed by atoms with Gasteiger partial charge in [-0.1, -0.05) is 30.7 Å². The van der Waals surface area contributed by atoms with Crippen LogP contribution in [0.2, 0.25) is 0 Å². The van der Waals surface area contributed by atoms with Crippen molar-refractivity contribution in [3.05, 3.63) is 64.7 Å². The fourth-order valence-corrected chi connectivity index (χ4v) is 4.02. The van der Waals surface area contributed by atoms with E-state index >= 15 is 0 Å². The number of fused-ring (bicyclic) bond motifs is 1. The van der Waals surface area contributed by atoms with Gasteiger partial charge in [0.05, 0.1) is 17.1 Å². The molecule has 136 valence electrons. The third-order valence-electron chi connectivity index (χ3n) is 4.57. The zero-order chi connectivity index (χ0) is 18.5.